The van der Waals surface area contributed by atoms with E-state index in [-0.39, 0.29) is 11.9 Å². The van der Waals surface area contributed by atoms with E-state index in [9.17, 15) is 4.79 Å². The van der Waals surface area contributed by atoms with Crippen LogP contribution in [-0.2, 0) is 6.42 Å². The number of hydrogen-bond acceptors (Lipinski definition) is 2. The number of carbonyl (C=O) groups is 1. The van der Waals surface area contributed by atoms with Crippen LogP contribution in [0.25, 0.3) is 0 Å². The second-order valence-corrected chi connectivity index (χ2v) is 5.01. The molecule has 20 heavy (non-hydrogen) atoms. The number of anilines is 1. The van der Waals surface area contributed by atoms with E-state index in [0.717, 1.165) is 23.2 Å². The standard InChI is InChI=1S/C17H18N2O/c1-2-12-9-6-10-14-16(12)18-11-15(19-17(14)20)13-7-4-3-5-8-13/h3-10,15,18H,2,11H2,1H3,(H,19,20). The summed E-state index contributed by atoms with van der Waals surface area (Å²) in [7, 11) is 0. The highest BCUT2D eigenvalue weighted by atomic mass is 16.1. The zero-order valence-corrected chi connectivity index (χ0v) is 11.5. The third kappa shape index (κ3) is 2.27. The number of rotatable bonds is 2. The predicted molar refractivity (Wildman–Crippen MR) is 81.0 cm³/mol. The van der Waals surface area contributed by atoms with E-state index in [1.807, 2.05) is 42.5 Å². The van der Waals surface area contributed by atoms with Crippen molar-refractivity contribution in [3.05, 3.63) is 65.2 Å². The second-order valence-electron chi connectivity index (χ2n) is 5.01. The molecule has 0 aliphatic carbocycles. The Balaban J connectivity index is 1.95. The third-order valence-corrected chi connectivity index (χ3v) is 3.77. The molecule has 0 spiro atoms. The molecule has 102 valence electrons. The van der Waals surface area contributed by atoms with Crippen LogP contribution >= 0.6 is 0 Å². The van der Waals surface area contributed by atoms with Crippen LogP contribution in [0.2, 0.25) is 0 Å². The van der Waals surface area contributed by atoms with E-state index < -0.39 is 0 Å². The fourth-order valence-corrected chi connectivity index (χ4v) is 2.67. The highest BCUT2D eigenvalue weighted by Crippen LogP contribution is 2.26. The summed E-state index contributed by atoms with van der Waals surface area (Å²) in [6.07, 6.45) is 0.916. The fraction of sp³-hybridized carbons (Fsp3) is 0.235. The Bertz CT molecular complexity index is 622. The van der Waals surface area contributed by atoms with Gasteiger partial charge in [-0.1, -0.05) is 49.4 Å². The van der Waals surface area contributed by atoms with Crippen LogP contribution in [0.3, 0.4) is 0 Å². The topological polar surface area (TPSA) is 41.1 Å². The van der Waals surface area contributed by atoms with Gasteiger partial charge in [-0.25, -0.2) is 0 Å². The monoisotopic (exact) mass is 266 g/mol. The minimum atomic E-state index is -0.00541. The van der Waals surface area contributed by atoms with Crippen molar-refractivity contribution in [3.63, 3.8) is 0 Å². The summed E-state index contributed by atoms with van der Waals surface area (Å²) in [6.45, 7) is 2.81. The van der Waals surface area contributed by atoms with Crippen molar-refractivity contribution >= 4 is 11.6 Å². The van der Waals surface area contributed by atoms with E-state index >= 15 is 0 Å². The number of carbonyl (C=O) groups excluding carboxylic acids is 1. The van der Waals surface area contributed by atoms with Crippen molar-refractivity contribution in [1.29, 1.82) is 0 Å². The van der Waals surface area contributed by atoms with Crippen LogP contribution in [0.15, 0.2) is 48.5 Å². The molecule has 2 aromatic carbocycles. The smallest absolute Gasteiger partial charge is 0.253 e. The zero-order valence-electron chi connectivity index (χ0n) is 11.5. The van der Waals surface area contributed by atoms with Gasteiger partial charge in [-0.2, -0.15) is 0 Å². The van der Waals surface area contributed by atoms with E-state index in [1.165, 1.54) is 5.56 Å². The Labute approximate surface area is 119 Å². The molecule has 1 atom stereocenters. The Morgan fingerprint density at radius 2 is 1.90 bits per heavy atom. The van der Waals surface area contributed by atoms with E-state index in [1.54, 1.807) is 0 Å². The molecule has 2 aromatic rings. The number of nitrogens with one attached hydrogen (secondary N) is 2. The first kappa shape index (κ1) is 12.7. The summed E-state index contributed by atoms with van der Waals surface area (Å²) >= 11 is 0. The minimum absolute atomic E-state index is 0.000746. The molecule has 0 radical (unpaired) electrons. The summed E-state index contributed by atoms with van der Waals surface area (Å²) < 4.78 is 0. The van der Waals surface area contributed by atoms with Crippen molar-refractivity contribution in [1.82, 2.24) is 5.32 Å². The molecule has 0 saturated heterocycles. The van der Waals surface area contributed by atoms with Crippen molar-refractivity contribution in [3.8, 4) is 0 Å². The maximum atomic E-state index is 12.4. The molecule has 0 saturated carbocycles. The van der Waals surface area contributed by atoms with Gasteiger partial charge in [-0.15, -0.1) is 0 Å². The molecular weight excluding hydrogens is 248 g/mol. The lowest BCUT2D eigenvalue weighted by molar-refractivity contribution is 0.0942. The number of fused-ring (bicyclic) bond motifs is 1. The molecule has 0 aromatic heterocycles. The number of amides is 1. The summed E-state index contributed by atoms with van der Waals surface area (Å²) in [5.74, 6) is -0.00541. The largest absolute Gasteiger partial charge is 0.382 e. The number of aryl methyl sites for hydroxylation is 1. The molecule has 3 rings (SSSR count). The van der Waals surface area contributed by atoms with Crippen LogP contribution in [0.1, 0.15) is 34.5 Å². The molecule has 2 N–H and O–H groups in total. The number of hydrogen-bond donors (Lipinski definition) is 2. The van der Waals surface area contributed by atoms with Crippen LogP contribution in [0.4, 0.5) is 5.69 Å². The molecule has 1 amide bonds. The van der Waals surface area contributed by atoms with E-state index in [2.05, 4.69) is 23.6 Å². The Kier molecular flexibility index (Phi) is 3.42. The van der Waals surface area contributed by atoms with Crippen molar-refractivity contribution in [2.45, 2.75) is 19.4 Å². The number of para-hydroxylation sites is 1. The lowest BCUT2D eigenvalue weighted by Gasteiger charge is -2.16. The summed E-state index contributed by atoms with van der Waals surface area (Å²) in [5, 5.41) is 6.54. The average molecular weight is 266 g/mol. The lowest BCUT2D eigenvalue weighted by Crippen LogP contribution is -2.29. The second kappa shape index (κ2) is 5.37. The maximum absolute atomic E-state index is 12.4. The number of benzene rings is 2. The van der Waals surface area contributed by atoms with Crippen molar-refractivity contribution in [2.24, 2.45) is 0 Å². The highest BCUT2D eigenvalue weighted by Gasteiger charge is 2.23. The van der Waals surface area contributed by atoms with Crippen molar-refractivity contribution < 1.29 is 4.79 Å². The normalized spacial score (nSPS) is 17.6. The molecule has 3 heteroatoms. The fourth-order valence-electron chi connectivity index (χ4n) is 2.67. The van der Waals surface area contributed by atoms with E-state index in [0.29, 0.717) is 6.54 Å². The third-order valence-electron chi connectivity index (χ3n) is 3.77. The van der Waals surface area contributed by atoms with E-state index in [4.69, 9.17) is 0 Å². The first-order valence-corrected chi connectivity index (χ1v) is 7.01. The average Bonchev–Trinajstić information content (AvgIpc) is 2.68. The van der Waals surface area contributed by atoms with Gasteiger partial charge in [-0.05, 0) is 23.6 Å². The molecule has 1 heterocycles. The SMILES string of the molecule is CCc1cccc2c1NCC(c1ccccc1)NC2=O. The van der Waals surface area contributed by atoms with Gasteiger partial charge in [0.05, 0.1) is 17.3 Å². The minimum Gasteiger partial charge on any atom is -0.382 e. The molecule has 3 nitrogen and oxygen atoms in total. The van der Waals surface area contributed by atoms with Crippen LogP contribution in [0, 0.1) is 0 Å². The summed E-state index contributed by atoms with van der Waals surface area (Å²) in [6, 6.07) is 16.0. The Morgan fingerprint density at radius 3 is 2.65 bits per heavy atom. The van der Waals surface area contributed by atoms with Crippen LogP contribution in [-0.4, -0.2) is 12.5 Å². The van der Waals surface area contributed by atoms with Gasteiger partial charge >= 0.3 is 0 Å². The first-order chi connectivity index (χ1) is 9.79. The van der Waals surface area contributed by atoms with Gasteiger partial charge in [0, 0.05) is 6.54 Å². The maximum Gasteiger partial charge on any atom is 0.253 e. The van der Waals surface area contributed by atoms with Crippen molar-refractivity contribution in [2.75, 3.05) is 11.9 Å². The zero-order chi connectivity index (χ0) is 13.9. The lowest BCUT2D eigenvalue weighted by atomic mass is 10.0. The van der Waals surface area contributed by atoms with Gasteiger partial charge in [-0.3, -0.25) is 4.79 Å². The van der Waals surface area contributed by atoms with Crippen LogP contribution < -0.4 is 10.6 Å². The molecule has 1 aliphatic heterocycles. The quantitative estimate of drug-likeness (QED) is 0.876. The van der Waals surface area contributed by atoms with Gasteiger partial charge < -0.3 is 10.6 Å². The van der Waals surface area contributed by atoms with Gasteiger partial charge in [0.2, 0.25) is 0 Å². The molecule has 1 unspecified atom stereocenters. The predicted octanol–water partition coefficient (Wildman–Crippen LogP) is 3.15. The highest BCUT2D eigenvalue weighted by molar-refractivity contribution is 6.01. The van der Waals surface area contributed by atoms with Crippen LogP contribution in [0.5, 0.6) is 0 Å². The summed E-state index contributed by atoms with van der Waals surface area (Å²) in [4.78, 5) is 12.4. The van der Waals surface area contributed by atoms with Gasteiger partial charge in [0.1, 0.15) is 0 Å². The Hall–Kier alpha value is -2.29. The Morgan fingerprint density at radius 1 is 1.10 bits per heavy atom. The molecular formula is C17H18N2O. The molecule has 0 fully saturated rings. The first-order valence-electron chi connectivity index (χ1n) is 7.01. The van der Waals surface area contributed by atoms with Gasteiger partial charge in [0.15, 0.2) is 0 Å². The van der Waals surface area contributed by atoms with Gasteiger partial charge in [0.25, 0.3) is 5.91 Å². The summed E-state index contributed by atoms with van der Waals surface area (Å²) in [5.41, 5.74) is 4.03. The molecule has 1 aliphatic rings. The molecule has 0 bridgehead atoms.